The van der Waals surface area contributed by atoms with Gasteiger partial charge in [-0.1, -0.05) is 59.3 Å². The van der Waals surface area contributed by atoms with Gasteiger partial charge in [-0.3, -0.25) is 14.5 Å². The molecule has 0 aromatic heterocycles. The van der Waals surface area contributed by atoms with E-state index in [1.165, 1.54) is 24.2 Å². The maximum Gasteiger partial charge on any atom is 0.233 e. The van der Waals surface area contributed by atoms with Crippen molar-refractivity contribution in [1.82, 2.24) is 4.90 Å². The van der Waals surface area contributed by atoms with Crippen LogP contribution in [0.2, 0.25) is 0 Å². The Bertz CT molecular complexity index is 480. The maximum atomic E-state index is 13.0. The van der Waals surface area contributed by atoms with Crippen molar-refractivity contribution in [1.29, 1.82) is 0 Å². The Morgan fingerprint density at radius 1 is 1.08 bits per heavy atom. The van der Waals surface area contributed by atoms with Gasteiger partial charge in [0.2, 0.25) is 11.8 Å². The van der Waals surface area contributed by atoms with E-state index in [-0.39, 0.29) is 35.4 Å². The minimum Gasteiger partial charge on any atom is -0.312 e. The molecule has 0 aliphatic carbocycles. The van der Waals surface area contributed by atoms with E-state index >= 15 is 0 Å². The molecule has 1 heterocycles. The first-order valence-corrected chi connectivity index (χ1v) is 10.5. The summed E-state index contributed by atoms with van der Waals surface area (Å²) in [4.78, 5) is 38.2. The summed E-state index contributed by atoms with van der Waals surface area (Å²) in [5.41, 5.74) is -0.385. The zero-order valence-electron chi connectivity index (χ0n) is 17.1. The van der Waals surface area contributed by atoms with Crippen LogP contribution in [0, 0.1) is 17.8 Å². The lowest BCUT2D eigenvalue weighted by molar-refractivity contribution is -0.143. The van der Waals surface area contributed by atoms with E-state index in [1.54, 1.807) is 6.92 Å². The summed E-state index contributed by atoms with van der Waals surface area (Å²) in [6.07, 6.45) is 9.79. The van der Waals surface area contributed by atoms with Crippen LogP contribution in [0.3, 0.4) is 0 Å². The van der Waals surface area contributed by atoms with Gasteiger partial charge in [0.1, 0.15) is 0 Å². The standard InChI is InChI=1S/C21H36BNO3/c1-5-7-9-10-12-17(11-8-6-2)18-14-19(24)23(21(18)26)16(4)13-15(3)20(22)25/h15-18H,5-14H2,1-4H3. The van der Waals surface area contributed by atoms with Gasteiger partial charge in [0.05, 0.1) is 11.6 Å². The summed E-state index contributed by atoms with van der Waals surface area (Å²) >= 11 is 0. The number of likely N-dealkylation sites (tertiary alicyclic amines) is 1. The summed E-state index contributed by atoms with van der Waals surface area (Å²) < 4.78 is 0. The zero-order chi connectivity index (χ0) is 19.7. The third-order valence-electron chi connectivity index (χ3n) is 5.76. The molecule has 0 aromatic carbocycles. The third-order valence-corrected chi connectivity index (χ3v) is 5.76. The lowest BCUT2D eigenvalue weighted by atomic mass is 9.82. The van der Waals surface area contributed by atoms with Crippen molar-refractivity contribution in [2.75, 3.05) is 0 Å². The lowest BCUT2D eigenvalue weighted by Gasteiger charge is -2.27. The van der Waals surface area contributed by atoms with Crippen molar-refractivity contribution in [3.8, 4) is 0 Å². The van der Waals surface area contributed by atoms with E-state index in [0.717, 1.165) is 32.1 Å². The normalized spacial score (nSPS) is 21.1. The van der Waals surface area contributed by atoms with Crippen molar-refractivity contribution in [3.05, 3.63) is 0 Å². The zero-order valence-corrected chi connectivity index (χ0v) is 17.1. The van der Waals surface area contributed by atoms with E-state index < -0.39 is 0 Å². The number of nitrogens with zero attached hydrogens (tertiary/aromatic N) is 1. The Balaban J connectivity index is 2.75. The molecule has 26 heavy (non-hydrogen) atoms. The molecule has 2 radical (unpaired) electrons. The van der Waals surface area contributed by atoms with Gasteiger partial charge in [0.15, 0.2) is 7.85 Å². The number of unbranched alkanes of at least 4 members (excludes halogenated alkanes) is 4. The minimum atomic E-state index is -0.385. The highest BCUT2D eigenvalue weighted by Crippen LogP contribution is 2.35. The maximum absolute atomic E-state index is 13.0. The molecule has 0 bridgehead atoms. The van der Waals surface area contributed by atoms with Crippen molar-refractivity contribution in [2.24, 2.45) is 17.8 Å². The monoisotopic (exact) mass is 361 g/mol. The van der Waals surface area contributed by atoms with Crippen LogP contribution in [-0.2, 0) is 14.4 Å². The van der Waals surface area contributed by atoms with Crippen LogP contribution >= 0.6 is 0 Å². The molecule has 1 aliphatic rings. The second kappa shape index (κ2) is 11.6. The molecule has 0 aromatic rings. The van der Waals surface area contributed by atoms with Gasteiger partial charge in [-0.15, -0.1) is 0 Å². The van der Waals surface area contributed by atoms with Crippen LogP contribution in [0.25, 0.3) is 0 Å². The fraction of sp³-hybridized carbons (Fsp3) is 0.857. The third kappa shape index (κ3) is 6.55. The van der Waals surface area contributed by atoms with E-state index in [2.05, 4.69) is 13.8 Å². The average molecular weight is 361 g/mol. The smallest absolute Gasteiger partial charge is 0.233 e. The van der Waals surface area contributed by atoms with Crippen LogP contribution in [0.5, 0.6) is 0 Å². The van der Waals surface area contributed by atoms with Crippen LogP contribution in [0.15, 0.2) is 0 Å². The molecule has 1 rings (SSSR count). The first kappa shape index (κ1) is 22.9. The highest BCUT2D eigenvalue weighted by molar-refractivity contribution is 6.58. The topological polar surface area (TPSA) is 54.5 Å². The van der Waals surface area contributed by atoms with Gasteiger partial charge in [-0.2, -0.15) is 0 Å². The highest BCUT2D eigenvalue weighted by Gasteiger charge is 2.44. The Labute approximate surface area is 160 Å². The molecular formula is C21H36BNO3. The Morgan fingerprint density at radius 2 is 1.69 bits per heavy atom. The van der Waals surface area contributed by atoms with Crippen LogP contribution in [-0.4, -0.2) is 36.3 Å². The fourth-order valence-electron chi connectivity index (χ4n) is 4.09. The fourth-order valence-corrected chi connectivity index (χ4v) is 4.09. The van der Waals surface area contributed by atoms with Crippen molar-refractivity contribution in [3.63, 3.8) is 0 Å². The molecule has 0 N–H and O–H groups in total. The number of hydrogen-bond donors (Lipinski definition) is 0. The first-order valence-electron chi connectivity index (χ1n) is 10.5. The van der Waals surface area contributed by atoms with E-state index in [0.29, 0.717) is 18.8 Å². The predicted octanol–water partition coefficient (Wildman–Crippen LogP) is 4.25. The van der Waals surface area contributed by atoms with Gasteiger partial charge in [0.25, 0.3) is 0 Å². The predicted molar refractivity (Wildman–Crippen MR) is 106 cm³/mol. The molecule has 4 unspecified atom stereocenters. The quantitative estimate of drug-likeness (QED) is 0.280. The van der Waals surface area contributed by atoms with Gasteiger partial charge in [0, 0.05) is 18.4 Å². The van der Waals surface area contributed by atoms with Gasteiger partial charge >= 0.3 is 0 Å². The number of rotatable bonds is 13. The van der Waals surface area contributed by atoms with Crippen LogP contribution < -0.4 is 0 Å². The summed E-state index contributed by atoms with van der Waals surface area (Å²) in [6, 6.07) is -0.269. The van der Waals surface area contributed by atoms with Gasteiger partial charge in [-0.25, -0.2) is 0 Å². The number of imide groups is 1. The summed E-state index contributed by atoms with van der Waals surface area (Å²) in [5.74, 6) is -0.333. The molecular weight excluding hydrogens is 325 g/mol. The molecule has 0 saturated carbocycles. The summed E-state index contributed by atoms with van der Waals surface area (Å²) in [5, 5.41) is 0. The lowest BCUT2D eigenvalue weighted by Crippen LogP contribution is -2.41. The molecule has 146 valence electrons. The number of amides is 2. The molecule has 4 nitrogen and oxygen atoms in total. The van der Waals surface area contributed by atoms with Crippen LogP contribution in [0.4, 0.5) is 0 Å². The molecule has 1 fully saturated rings. The van der Waals surface area contributed by atoms with E-state index in [9.17, 15) is 14.4 Å². The Morgan fingerprint density at radius 3 is 2.27 bits per heavy atom. The SMILES string of the molecule is [B]C(=O)C(C)CC(C)N1C(=O)CC(C(CCCC)CCCCCC)C1=O. The van der Waals surface area contributed by atoms with Crippen LogP contribution in [0.1, 0.15) is 91.9 Å². The average Bonchev–Trinajstić information content (AvgIpc) is 2.88. The number of hydrogen-bond acceptors (Lipinski definition) is 3. The van der Waals surface area contributed by atoms with E-state index in [4.69, 9.17) is 7.85 Å². The minimum absolute atomic E-state index is 0.0317. The molecule has 5 heteroatoms. The molecule has 0 spiro atoms. The highest BCUT2D eigenvalue weighted by atomic mass is 16.2. The van der Waals surface area contributed by atoms with Crippen molar-refractivity contribution >= 4 is 25.3 Å². The Kier molecular flexibility index (Phi) is 10.2. The molecule has 4 atom stereocenters. The van der Waals surface area contributed by atoms with Crippen molar-refractivity contribution in [2.45, 2.75) is 97.9 Å². The Hall–Kier alpha value is -1.13. The summed E-state index contributed by atoms with van der Waals surface area (Å²) in [7, 11) is 5.33. The van der Waals surface area contributed by atoms with Gasteiger partial charge < -0.3 is 4.79 Å². The largest absolute Gasteiger partial charge is 0.312 e. The first-order chi connectivity index (χ1) is 12.3. The van der Waals surface area contributed by atoms with Gasteiger partial charge in [-0.05, 0) is 32.1 Å². The molecule has 2 amide bonds. The van der Waals surface area contributed by atoms with Crippen molar-refractivity contribution < 1.29 is 14.4 Å². The van der Waals surface area contributed by atoms with E-state index in [1.807, 2.05) is 6.92 Å². The summed E-state index contributed by atoms with van der Waals surface area (Å²) in [6.45, 7) is 7.95. The second-order valence-electron chi connectivity index (χ2n) is 8.05. The number of carbonyl (C=O) groups is 3. The number of carbonyl (C=O) groups excluding carboxylic acids is 3. The molecule has 1 saturated heterocycles. The molecule has 1 aliphatic heterocycles. The second-order valence-corrected chi connectivity index (χ2v) is 8.05.